The zero-order chi connectivity index (χ0) is 21.6. The lowest BCUT2D eigenvalue weighted by molar-refractivity contribution is -0.143. The van der Waals surface area contributed by atoms with E-state index >= 15 is 0 Å². The molecule has 0 aromatic heterocycles. The van der Waals surface area contributed by atoms with Crippen LogP contribution in [0.25, 0.3) is 0 Å². The van der Waals surface area contributed by atoms with Gasteiger partial charge in [-0.25, -0.2) is 0 Å². The van der Waals surface area contributed by atoms with Gasteiger partial charge in [0.05, 0.1) is 6.61 Å². The van der Waals surface area contributed by atoms with Gasteiger partial charge in [-0.1, -0.05) is 49.6 Å². The average Bonchev–Trinajstić information content (AvgIpc) is 2.76. The molecule has 1 aliphatic rings. The van der Waals surface area contributed by atoms with Crippen LogP contribution in [0.15, 0.2) is 30.3 Å². The summed E-state index contributed by atoms with van der Waals surface area (Å²) in [5, 5.41) is 2.55. The molecule has 1 fully saturated rings. The number of thiocarbonyl (C=S) groups is 1. The zero-order valence-corrected chi connectivity index (χ0v) is 18.1. The van der Waals surface area contributed by atoms with Crippen molar-refractivity contribution in [2.75, 3.05) is 6.61 Å². The van der Waals surface area contributed by atoms with Gasteiger partial charge in [-0.15, -0.1) is 0 Å². The number of nitrogens with one attached hydrogen (secondary N) is 3. The number of esters is 1. The highest BCUT2D eigenvalue weighted by Crippen LogP contribution is 2.23. The van der Waals surface area contributed by atoms with Crippen LogP contribution in [0.5, 0.6) is 0 Å². The Hall–Kier alpha value is -2.48. The van der Waals surface area contributed by atoms with Crippen molar-refractivity contribution in [1.82, 2.24) is 16.2 Å². The monoisotopic (exact) mass is 433 g/mol. The Morgan fingerprint density at radius 1 is 0.967 bits per heavy atom. The Bertz CT molecular complexity index is 706. The minimum Gasteiger partial charge on any atom is -0.466 e. The van der Waals surface area contributed by atoms with E-state index in [-0.39, 0.29) is 41.7 Å². The van der Waals surface area contributed by atoms with Gasteiger partial charge < -0.3 is 10.1 Å². The van der Waals surface area contributed by atoms with Crippen molar-refractivity contribution < 1.29 is 19.1 Å². The van der Waals surface area contributed by atoms with Crippen LogP contribution in [-0.2, 0) is 25.5 Å². The van der Waals surface area contributed by atoms with Crippen LogP contribution in [0, 0.1) is 5.92 Å². The molecule has 2 rings (SSSR count). The van der Waals surface area contributed by atoms with E-state index < -0.39 is 0 Å². The van der Waals surface area contributed by atoms with Crippen molar-refractivity contribution >= 4 is 35.1 Å². The summed E-state index contributed by atoms with van der Waals surface area (Å²) < 4.78 is 5.19. The summed E-state index contributed by atoms with van der Waals surface area (Å²) >= 11 is 5.01. The second-order valence-electron chi connectivity index (χ2n) is 7.49. The summed E-state index contributed by atoms with van der Waals surface area (Å²) in [6, 6.07) is 10.0. The highest BCUT2D eigenvalue weighted by atomic mass is 32.1. The van der Waals surface area contributed by atoms with Crippen molar-refractivity contribution in [1.29, 1.82) is 0 Å². The molecule has 0 radical (unpaired) electrons. The van der Waals surface area contributed by atoms with Crippen LogP contribution in [0.4, 0.5) is 0 Å². The first-order valence-electron chi connectivity index (χ1n) is 10.6. The van der Waals surface area contributed by atoms with E-state index in [9.17, 15) is 14.4 Å². The molecule has 0 heterocycles. The van der Waals surface area contributed by atoms with Crippen molar-refractivity contribution in [2.24, 2.45) is 5.92 Å². The first kappa shape index (κ1) is 23.8. The Kier molecular flexibility index (Phi) is 10.9. The summed E-state index contributed by atoms with van der Waals surface area (Å²) in [4.78, 5) is 35.7. The van der Waals surface area contributed by atoms with E-state index in [0.717, 1.165) is 38.5 Å². The van der Waals surface area contributed by atoms with Crippen LogP contribution in [-0.4, -0.2) is 29.5 Å². The molecule has 0 spiro atoms. The molecule has 0 saturated heterocycles. The lowest BCUT2D eigenvalue weighted by Gasteiger charge is -2.21. The van der Waals surface area contributed by atoms with Crippen molar-refractivity contribution in [3.63, 3.8) is 0 Å². The van der Waals surface area contributed by atoms with Gasteiger partial charge in [0.1, 0.15) is 0 Å². The summed E-state index contributed by atoms with van der Waals surface area (Å²) in [6.45, 7) is 0.370. The van der Waals surface area contributed by atoms with Crippen LogP contribution >= 0.6 is 12.2 Å². The van der Waals surface area contributed by atoms with Gasteiger partial charge in [0.15, 0.2) is 5.11 Å². The van der Waals surface area contributed by atoms with Crippen LogP contribution in [0.3, 0.4) is 0 Å². The first-order chi connectivity index (χ1) is 14.5. The average molecular weight is 434 g/mol. The van der Waals surface area contributed by atoms with E-state index in [1.807, 2.05) is 30.3 Å². The minimum atomic E-state index is -0.309. The lowest BCUT2D eigenvalue weighted by atomic mass is 9.89. The highest BCUT2D eigenvalue weighted by molar-refractivity contribution is 7.80. The highest BCUT2D eigenvalue weighted by Gasteiger charge is 2.21. The number of carbonyl (C=O) groups excluding carboxylic acids is 3. The zero-order valence-electron chi connectivity index (χ0n) is 17.3. The number of aryl methyl sites for hydroxylation is 1. The van der Waals surface area contributed by atoms with Gasteiger partial charge in [-0.2, -0.15) is 0 Å². The first-order valence-corrected chi connectivity index (χ1v) is 11.0. The number of amides is 2. The molecule has 0 aliphatic heterocycles. The molecule has 1 aromatic carbocycles. The third-order valence-corrected chi connectivity index (χ3v) is 5.23. The van der Waals surface area contributed by atoms with E-state index in [1.54, 1.807) is 0 Å². The number of hydrazine groups is 1. The number of carbonyl (C=O) groups is 3. The topological polar surface area (TPSA) is 96.5 Å². The fourth-order valence-electron chi connectivity index (χ4n) is 3.38. The molecule has 0 unspecified atom stereocenters. The predicted octanol–water partition coefficient (Wildman–Crippen LogP) is 2.93. The standard InChI is InChI=1S/C22H31N3O4S/c26-19(23-22(30)25-24-21(28)18-12-5-2-6-13-18)14-7-15-20(27)29-16-8-11-17-9-3-1-4-10-17/h1,3-4,9-10,18H,2,5-8,11-16H2,(H,24,28)(H2,23,25,26,30). The molecule has 0 bridgehead atoms. The van der Waals surface area contributed by atoms with Crippen molar-refractivity contribution in [3.05, 3.63) is 35.9 Å². The maximum Gasteiger partial charge on any atom is 0.305 e. The van der Waals surface area contributed by atoms with Gasteiger partial charge in [-0.05, 0) is 49.9 Å². The molecule has 7 nitrogen and oxygen atoms in total. The molecular formula is C22H31N3O4S. The Balaban J connectivity index is 1.48. The maximum atomic E-state index is 12.0. The number of benzene rings is 1. The number of hydrogen-bond donors (Lipinski definition) is 3. The second-order valence-corrected chi connectivity index (χ2v) is 7.90. The van der Waals surface area contributed by atoms with E-state index in [2.05, 4.69) is 16.2 Å². The van der Waals surface area contributed by atoms with E-state index in [4.69, 9.17) is 17.0 Å². The van der Waals surface area contributed by atoms with Gasteiger partial charge in [0, 0.05) is 18.8 Å². The molecule has 3 N–H and O–H groups in total. The molecule has 164 valence electrons. The predicted molar refractivity (Wildman–Crippen MR) is 118 cm³/mol. The second kappa shape index (κ2) is 13.7. The maximum absolute atomic E-state index is 12.0. The smallest absolute Gasteiger partial charge is 0.305 e. The summed E-state index contributed by atoms with van der Waals surface area (Å²) in [7, 11) is 0. The Morgan fingerprint density at radius 3 is 2.43 bits per heavy atom. The summed E-state index contributed by atoms with van der Waals surface area (Å²) in [5.74, 6) is -0.711. The SMILES string of the molecule is O=C(CCCC(=O)OCCCc1ccccc1)NC(=S)NNC(=O)C1CCCCC1. The molecule has 8 heteroatoms. The van der Waals surface area contributed by atoms with Crippen molar-refractivity contribution in [3.8, 4) is 0 Å². The van der Waals surface area contributed by atoms with E-state index in [0.29, 0.717) is 13.0 Å². The Morgan fingerprint density at radius 2 is 1.70 bits per heavy atom. The molecule has 1 aliphatic carbocycles. The number of ether oxygens (including phenoxy) is 1. The molecule has 30 heavy (non-hydrogen) atoms. The largest absolute Gasteiger partial charge is 0.466 e. The summed E-state index contributed by atoms with van der Waals surface area (Å²) in [5.41, 5.74) is 6.33. The Labute approximate surface area is 183 Å². The summed E-state index contributed by atoms with van der Waals surface area (Å²) in [6.07, 6.45) is 7.40. The van der Waals surface area contributed by atoms with Gasteiger partial charge in [0.2, 0.25) is 11.8 Å². The van der Waals surface area contributed by atoms with Crippen molar-refractivity contribution in [2.45, 2.75) is 64.2 Å². The van der Waals surface area contributed by atoms with Crippen LogP contribution < -0.4 is 16.2 Å². The van der Waals surface area contributed by atoms with Gasteiger partial charge >= 0.3 is 5.97 Å². The number of hydrogen-bond acceptors (Lipinski definition) is 5. The fraction of sp³-hybridized carbons (Fsp3) is 0.545. The van der Waals surface area contributed by atoms with Gasteiger partial charge in [0.25, 0.3) is 0 Å². The van der Waals surface area contributed by atoms with Gasteiger partial charge in [-0.3, -0.25) is 25.2 Å². The minimum absolute atomic E-state index is 0.00320. The normalized spacial score (nSPS) is 13.9. The third-order valence-electron chi connectivity index (χ3n) is 5.03. The molecule has 1 aromatic rings. The van der Waals surface area contributed by atoms with Crippen LogP contribution in [0.2, 0.25) is 0 Å². The molecular weight excluding hydrogens is 402 g/mol. The third kappa shape index (κ3) is 9.82. The van der Waals surface area contributed by atoms with Crippen LogP contribution in [0.1, 0.15) is 63.4 Å². The quantitative estimate of drug-likeness (QED) is 0.240. The molecule has 0 atom stereocenters. The molecule has 1 saturated carbocycles. The fourth-order valence-corrected chi connectivity index (χ4v) is 3.54. The number of rotatable bonds is 9. The lowest BCUT2D eigenvalue weighted by Crippen LogP contribution is -2.50. The van der Waals surface area contributed by atoms with E-state index in [1.165, 1.54) is 12.0 Å². The molecule has 2 amide bonds.